The number of unbranched alkanes of at least 4 members (excludes halogenated alkanes) is 1. The lowest BCUT2D eigenvalue weighted by Crippen LogP contribution is -2.34. The molecule has 0 unspecified atom stereocenters. The quantitative estimate of drug-likeness (QED) is 0.340. The maximum Gasteiger partial charge on any atom is 0.265 e. The molecule has 1 aliphatic rings. The first-order valence-electron chi connectivity index (χ1n) is 11.3. The summed E-state index contributed by atoms with van der Waals surface area (Å²) in [7, 11) is 0. The Hall–Kier alpha value is -3.31. The summed E-state index contributed by atoms with van der Waals surface area (Å²) in [6, 6.07) is 23.7. The van der Waals surface area contributed by atoms with Crippen molar-refractivity contribution >= 4 is 35.3 Å². The van der Waals surface area contributed by atoms with Crippen LogP contribution < -0.4 is 10.2 Å². The molecule has 0 saturated heterocycles. The Morgan fingerprint density at radius 2 is 1.85 bits per heavy atom. The van der Waals surface area contributed by atoms with Crippen molar-refractivity contribution in [2.45, 2.75) is 38.1 Å². The Kier molecular flexibility index (Phi) is 7.30. The predicted octanol–water partition coefficient (Wildman–Crippen LogP) is 6.20. The summed E-state index contributed by atoms with van der Waals surface area (Å²) in [5.74, 6) is -0.161. The van der Waals surface area contributed by atoms with Gasteiger partial charge in [0.1, 0.15) is 0 Å². The molecule has 1 N–H and O–H groups in total. The SMILES string of the molecule is CCCCNC(=O)c1ccc2c(c1)N(Cc1cccc(C)c1)C(=O)/C(=C/c1ccccc1)S2. The van der Waals surface area contributed by atoms with Gasteiger partial charge in [0.15, 0.2) is 0 Å². The number of hydrogen-bond acceptors (Lipinski definition) is 3. The monoisotopic (exact) mass is 456 g/mol. The molecule has 5 heteroatoms. The van der Waals surface area contributed by atoms with Crippen LogP contribution in [0.4, 0.5) is 5.69 Å². The summed E-state index contributed by atoms with van der Waals surface area (Å²) in [4.78, 5) is 29.7. The number of fused-ring (bicyclic) bond motifs is 1. The van der Waals surface area contributed by atoms with Crippen LogP contribution >= 0.6 is 11.8 Å². The fourth-order valence-electron chi connectivity index (χ4n) is 3.78. The van der Waals surface area contributed by atoms with Gasteiger partial charge in [0.25, 0.3) is 11.8 Å². The number of benzene rings is 3. The van der Waals surface area contributed by atoms with E-state index < -0.39 is 0 Å². The van der Waals surface area contributed by atoms with Crippen LogP contribution in [0.15, 0.2) is 82.6 Å². The van der Waals surface area contributed by atoms with Crippen LogP contribution in [0, 0.1) is 6.92 Å². The topological polar surface area (TPSA) is 49.4 Å². The zero-order chi connectivity index (χ0) is 23.2. The van der Waals surface area contributed by atoms with Gasteiger partial charge >= 0.3 is 0 Å². The van der Waals surface area contributed by atoms with Crippen LogP contribution in [-0.4, -0.2) is 18.4 Å². The van der Waals surface area contributed by atoms with Crippen molar-refractivity contribution < 1.29 is 9.59 Å². The first kappa shape index (κ1) is 22.9. The third-order valence-electron chi connectivity index (χ3n) is 5.52. The van der Waals surface area contributed by atoms with Crippen LogP contribution in [0.2, 0.25) is 0 Å². The van der Waals surface area contributed by atoms with E-state index in [0.717, 1.165) is 40.1 Å². The minimum Gasteiger partial charge on any atom is -0.352 e. The molecule has 4 nitrogen and oxygen atoms in total. The Balaban J connectivity index is 1.71. The number of carbonyl (C=O) groups is 2. The molecule has 168 valence electrons. The molecule has 4 rings (SSSR count). The molecule has 3 aromatic carbocycles. The highest BCUT2D eigenvalue weighted by Gasteiger charge is 2.30. The van der Waals surface area contributed by atoms with E-state index in [9.17, 15) is 9.59 Å². The highest BCUT2D eigenvalue weighted by atomic mass is 32.2. The van der Waals surface area contributed by atoms with Crippen molar-refractivity contribution in [2.75, 3.05) is 11.4 Å². The fourth-order valence-corrected chi connectivity index (χ4v) is 4.82. The second kappa shape index (κ2) is 10.5. The van der Waals surface area contributed by atoms with E-state index in [0.29, 0.717) is 23.6 Å². The van der Waals surface area contributed by atoms with Gasteiger partial charge in [0, 0.05) is 17.0 Å². The summed E-state index contributed by atoms with van der Waals surface area (Å²) in [5, 5.41) is 2.97. The van der Waals surface area contributed by atoms with E-state index >= 15 is 0 Å². The van der Waals surface area contributed by atoms with Gasteiger partial charge < -0.3 is 10.2 Å². The van der Waals surface area contributed by atoms with Crippen LogP contribution in [0.3, 0.4) is 0 Å². The minimum atomic E-state index is -0.107. The molecule has 1 heterocycles. The molecule has 0 saturated carbocycles. The maximum atomic E-state index is 13.6. The summed E-state index contributed by atoms with van der Waals surface area (Å²) in [6.07, 6.45) is 3.90. The Morgan fingerprint density at radius 3 is 2.61 bits per heavy atom. The summed E-state index contributed by atoms with van der Waals surface area (Å²) < 4.78 is 0. The van der Waals surface area contributed by atoms with Crippen molar-refractivity contribution in [3.63, 3.8) is 0 Å². The molecular weight excluding hydrogens is 428 g/mol. The van der Waals surface area contributed by atoms with Crippen molar-refractivity contribution in [1.82, 2.24) is 5.32 Å². The second-order valence-electron chi connectivity index (χ2n) is 8.19. The molecule has 0 aromatic heterocycles. The lowest BCUT2D eigenvalue weighted by molar-refractivity contribution is -0.114. The number of carbonyl (C=O) groups excluding carboxylic acids is 2. The van der Waals surface area contributed by atoms with E-state index in [-0.39, 0.29) is 11.8 Å². The number of hydrogen-bond donors (Lipinski definition) is 1. The number of amides is 2. The fraction of sp³-hybridized carbons (Fsp3) is 0.214. The Morgan fingerprint density at radius 1 is 1.03 bits per heavy atom. The number of thioether (sulfide) groups is 1. The molecule has 2 amide bonds. The van der Waals surface area contributed by atoms with Crippen molar-refractivity contribution in [1.29, 1.82) is 0 Å². The second-order valence-corrected chi connectivity index (χ2v) is 9.28. The van der Waals surface area contributed by atoms with Crippen LogP contribution in [0.1, 0.15) is 46.8 Å². The van der Waals surface area contributed by atoms with Crippen LogP contribution in [0.5, 0.6) is 0 Å². The molecule has 0 bridgehead atoms. The number of aryl methyl sites for hydroxylation is 1. The highest BCUT2D eigenvalue weighted by molar-refractivity contribution is 8.04. The third kappa shape index (κ3) is 5.55. The van der Waals surface area contributed by atoms with Gasteiger partial charge in [0.05, 0.1) is 17.1 Å². The lowest BCUT2D eigenvalue weighted by Gasteiger charge is -2.31. The summed E-state index contributed by atoms with van der Waals surface area (Å²) in [6.45, 7) is 5.24. The first-order chi connectivity index (χ1) is 16.0. The average Bonchev–Trinajstić information content (AvgIpc) is 2.82. The molecular formula is C28H28N2O2S. The predicted molar refractivity (Wildman–Crippen MR) is 136 cm³/mol. The van der Waals surface area contributed by atoms with E-state index in [2.05, 4.69) is 18.3 Å². The van der Waals surface area contributed by atoms with Crippen LogP contribution in [0.25, 0.3) is 6.08 Å². The lowest BCUT2D eigenvalue weighted by atomic mass is 10.1. The van der Waals surface area contributed by atoms with E-state index in [1.807, 2.05) is 79.7 Å². The molecule has 0 aliphatic carbocycles. The van der Waals surface area contributed by atoms with Gasteiger partial charge in [-0.05, 0) is 48.7 Å². The van der Waals surface area contributed by atoms with E-state index in [1.54, 1.807) is 4.90 Å². The van der Waals surface area contributed by atoms with Gasteiger partial charge in [-0.2, -0.15) is 0 Å². The molecule has 33 heavy (non-hydrogen) atoms. The largest absolute Gasteiger partial charge is 0.352 e. The number of anilines is 1. The third-order valence-corrected chi connectivity index (χ3v) is 6.60. The first-order valence-corrected chi connectivity index (χ1v) is 12.1. The molecule has 0 atom stereocenters. The maximum absolute atomic E-state index is 13.6. The zero-order valence-corrected chi connectivity index (χ0v) is 19.8. The van der Waals surface area contributed by atoms with E-state index in [1.165, 1.54) is 11.8 Å². The van der Waals surface area contributed by atoms with Gasteiger partial charge in [-0.3, -0.25) is 9.59 Å². The normalized spacial score (nSPS) is 14.3. The highest BCUT2D eigenvalue weighted by Crippen LogP contribution is 2.43. The Bertz CT molecular complexity index is 1190. The van der Waals surface area contributed by atoms with Crippen molar-refractivity contribution in [3.8, 4) is 0 Å². The molecule has 0 radical (unpaired) electrons. The standard InChI is InChI=1S/C28H28N2O2S/c1-3-4-15-29-27(31)23-13-14-25-24(18-23)30(19-22-12-8-9-20(2)16-22)28(32)26(33-25)17-21-10-6-5-7-11-21/h5-14,16-18H,3-4,15,19H2,1-2H3,(H,29,31)/b26-17-. The van der Waals surface area contributed by atoms with Gasteiger partial charge in [-0.15, -0.1) is 0 Å². The summed E-state index contributed by atoms with van der Waals surface area (Å²) in [5.41, 5.74) is 4.54. The van der Waals surface area contributed by atoms with Gasteiger partial charge in [0.2, 0.25) is 0 Å². The average molecular weight is 457 g/mol. The van der Waals surface area contributed by atoms with Gasteiger partial charge in [-0.1, -0.05) is 85.3 Å². The molecule has 1 aliphatic heterocycles. The summed E-state index contributed by atoms with van der Waals surface area (Å²) >= 11 is 1.46. The molecule has 3 aromatic rings. The molecule has 0 fully saturated rings. The number of rotatable bonds is 7. The number of nitrogens with zero attached hydrogens (tertiary/aromatic N) is 1. The van der Waals surface area contributed by atoms with Crippen LogP contribution in [-0.2, 0) is 11.3 Å². The van der Waals surface area contributed by atoms with E-state index in [4.69, 9.17) is 0 Å². The van der Waals surface area contributed by atoms with Crippen molar-refractivity contribution in [2.24, 2.45) is 0 Å². The van der Waals surface area contributed by atoms with Gasteiger partial charge in [-0.25, -0.2) is 0 Å². The number of nitrogens with one attached hydrogen (secondary N) is 1. The minimum absolute atomic E-state index is 0.0543. The van der Waals surface area contributed by atoms with Crippen molar-refractivity contribution in [3.05, 3.63) is 100.0 Å². The zero-order valence-electron chi connectivity index (χ0n) is 19.0. The Labute approximate surface area is 199 Å². The smallest absolute Gasteiger partial charge is 0.265 e. The molecule has 0 spiro atoms.